The van der Waals surface area contributed by atoms with E-state index >= 15 is 0 Å². The summed E-state index contributed by atoms with van der Waals surface area (Å²) in [5.74, 6) is -0.589. The lowest BCUT2D eigenvalue weighted by atomic mass is 10.4. The average molecular weight is 253 g/mol. The fourth-order valence-electron chi connectivity index (χ4n) is 1.56. The van der Waals surface area contributed by atoms with Gasteiger partial charge in [-0.2, -0.15) is 0 Å². The van der Waals surface area contributed by atoms with E-state index in [0.717, 1.165) is 0 Å². The van der Waals surface area contributed by atoms with Crippen molar-refractivity contribution in [2.24, 2.45) is 0 Å². The molecule has 0 aromatic carbocycles. The van der Waals surface area contributed by atoms with Crippen LogP contribution in [0.4, 0.5) is 5.69 Å². The number of nitrogen functional groups attached to an aromatic ring is 1. The van der Waals surface area contributed by atoms with Crippen LogP contribution in [0.3, 0.4) is 0 Å². The van der Waals surface area contributed by atoms with E-state index < -0.39 is 5.97 Å². The first-order valence-corrected chi connectivity index (χ1v) is 5.98. The Morgan fingerprint density at radius 3 is 2.78 bits per heavy atom. The fraction of sp³-hybridized carbons (Fsp3) is 0.500. The summed E-state index contributed by atoms with van der Waals surface area (Å²) in [6.07, 6.45) is 1.85. The van der Waals surface area contributed by atoms with E-state index in [9.17, 15) is 9.59 Å². The maximum atomic E-state index is 11.7. The van der Waals surface area contributed by atoms with Gasteiger partial charge >= 0.3 is 5.97 Å². The van der Waals surface area contributed by atoms with E-state index in [4.69, 9.17) is 10.5 Å². The summed E-state index contributed by atoms with van der Waals surface area (Å²) in [6, 6.07) is 1.57. The third-order valence-electron chi connectivity index (χ3n) is 2.40. The molecule has 6 nitrogen and oxygen atoms in total. The molecule has 1 rings (SSSR count). The predicted octanol–water partition coefficient (Wildman–Crippen LogP) is 0.773. The van der Waals surface area contributed by atoms with Gasteiger partial charge in [0.25, 0.3) is 0 Å². The minimum Gasteiger partial charge on any atom is -0.460 e. The summed E-state index contributed by atoms with van der Waals surface area (Å²) < 4.78 is 6.74. The number of carbonyl (C=O) groups is 2. The van der Waals surface area contributed by atoms with Crippen molar-refractivity contribution >= 4 is 17.6 Å². The van der Waals surface area contributed by atoms with Crippen LogP contribution in [0.15, 0.2) is 12.3 Å². The number of nitrogens with one attached hydrogen (secondary N) is 1. The minimum atomic E-state index is -0.460. The number of hydrogen-bond donors (Lipinski definition) is 2. The number of esters is 1. The molecule has 0 unspecified atom stereocenters. The van der Waals surface area contributed by atoms with Crippen LogP contribution >= 0.6 is 0 Å². The zero-order valence-electron chi connectivity index (χ0n) is 10.7. The molecule has 1 heterocycles. The third-order valence-corrected chi connectivity index (χ3v) is 2.40. The van der Waals surface area contributed by atoms with Crippen molar-refractivity contribution in [2.45, 2.75) is 26.8 Å². The average Bonchev–Trinajstić information content (AvgIpc) is 2.70. The van der Waals surface area contributed by atoms with E-state index in [1.54, 1.807) is 16.8 Å². The molecule has 0 aliphatic rings. The molecule has 0 bridgehead atoms. The molecule has 0 radical (unpaired) electrons. The normalized spacial score (nSPS) is 10.1. The summed E-state index contributed by atoms with van der Waals surface area (Å²) in [4.78, 5) is 22.9. The molecule has 0 spiro atoms. The van der Waals surface area contributed by atoms with Gasteiger partial charge in [0.05, 0.1) is 12.1 Å². The first-order chi connectivity index (χ1) is 8.58. The Hall–Kier alpha value is -1.98. The summed E-state index contributed by atoms with van der Waals surface area (Å²) in [7, 11) is 0. The van der Waals surface area contributed by atoms with Gasteiger partial charge in [0.2, 0.25) is 5.91 Å². The van der Waals surface area contributed by atoms with Gasteiger partial charge in [-0.25, -0.2) is 4.79 Å². The second-order valence-electron chi connectivity index (χ2n) is 3.78. The van der Waals surface area contributed by atoms with Crippen LogP contribution in [0.25, 0.3) is 0 Å². The molecule has 0 saturated heterocycles. The summed E-state index contributed by atoms with van der Waals surface area (Å²) in [6.45, 7) is 5.02. The van der Waals surface area contributed by atoms with Gasteiger partial charge in [-0.05, 0) is 19.9 Å². The van der Waals surface area contributed by atoms with Crippen LogP contribution in [-0.2, 0) is 16.1 Å². The number of hydrogen-bond acceptors (Lipinski definition) is 4. The molecule has 18 heavy (non-hydrogen) atoms. The second kappa shape index (κ2) is 6.68. The molecule has 1 amide bonds. The van der Waals surface area contributed by atoms with Crippen LogP contribution in [-0.4, -0.2) is 29.6 Å². The van der Waals surface area contributed by atoms with E-state index in [2.05, 4.69) is 5.32 Å². The molecular weight excluding hydrogens is 234 g/mol. The van der Waals surface area contributed by atoms with Crippen LogP contribution in [0.1, 0.15) is 30.8 Å². The van der Waals surface area contributed by atoms with Crippen molar-refractivity contribution in [3.63, 3.8) is 0 Å². The molecule has 0 saturated carbocycles. The van der Waals surface area contributed by atoms with Crippen LogP contribution in [0, 0.1) is 0 Å². The van der Waals surface area contributed by atoms with Gasteiger partial charge in [0.15, 0.2) is 0 Å². The number of rotatable bonds is 6. The van der Waals surface area contributed by atoms with Crippen LogP contribution in [0.2, 0.25) is 0 Å². The highest BCUT2D eigenvalue weighted by Gasteiger charge is 2.13. The van der Waals surface area contributed by atoms with E-state index in [0.29, 0.717) is 24.5 Å². The van der Waals surface area contributed by atoms with E-state index in [1.165, 1.54) is 0 Å². The molecule has 100 valence electrons. The molecule has 0 aliphatic carbocycles. The summed E-state index contributed by atoms with van der Waals surface area (Å²) in [5, 5.41) is 2.63. The Kier molecular flexibility index (Phi) is 5.23. The second-order valence-corrected chi connectivity index (χ2v) is 3.78. The highest BCUT2D eigenvalue weighted by atomic mass is 16.5. The largest absolute Gasteiger partial charge is 0.460 e. The topological polar surface area (TPSA) is 86.3 Å². The van der Waals surface area contributed by atoms with Gasteiger partial charge in [-0.3, -0.25) is 4.79 Å². The number of aryl methyl sites for hydroxylation is 1. The van der Waals surface area contributed by atoms with Crippen molar-refractivity contribution in [1.29, 1.82) is 0 Å². The predicted molar refractivity (Wildman–Crippen MR) is 68.1 cm³/mol. The van der Waals surface area contributed by atoms with Crippen LogP contribution in [0.5, 0.6) is 0 Å². The van der Waals surface area contributed by atoms with Gasteiger partial charge < -0.3 is 20.4 Å². The third kappa shape index (κ3) is 3.80. The van der Waals surface area contributed by atoms with Gasteiger partial charge in [-0.1, -0.05) is 0 Å². The van der Waals surface area contributed by atoms with Crippen molar-refractivity contribution in [3.8, 4) is 0 Å². The molecule has 3 N–H and O–H groups in total. The summed E-state index contributed by atoms with van der Waals surface area (Å²) in [5.41, 5.74) is 6.55. The van der Waals surface area contributed by atoms with Gasteiger partial charge in [0.1, 0.15) is 12.3 Å². The number of aromatic nitrogens is 1. The smallest absolute Gasteiger partial charge is 0.355 e. The Morgan fingerprint density at radius 1 is 1.44 bits per heavy atom. The van der Waals surface area contributed by atoms with Crippen molar-refractivity contribution < 1.29 is 14.3 Å². The number of nitrogens with zero attached hydrogens (tertiary/aromatic N) is 1. The number of nitrogens with two attached hydrogens (primary N) is 1. The fourth-order valence-corrected chi connectivity index (χ4v) is 1.56. The monoisotopic (exact) mass is 253 g/mol. The Morgan fingerprint density at radius 2 is 2.17 bits per heavy atom. The number of anilines is 1. The molecule has 1 aromatic heterocycles. The number of carbonyl (C=O) groups excluding carboxylic acids is 2. The zero-order chi connectivity index (χ0) is 13.5. The van der Waals surface area contributed by atoms with Gasteiger partial charge in [0, 0.05) is 19.3 Å². The first kappa shape index (κ1) is 14.1. The van der Waals surface area contributed by atoms with Gasteiger partial charge in [-0.15, -0.1) is 0 Å². The molecule has 6 heteroatoms. The van der Waals surface area contributed by atoms with Crippen molar-refractivity contribution in [1.82, 2.24) is 9.88 Å². The minimum absolute atomic E-state index is 0.0689. The zero-order valence-corrected chi connectivity index (χ0v) is 10.7. The van der Waals surface area contributed by atoms with Crippen LogP contribution < -0.4 is 11.1 Å². The summed E-state index contributed by atoms with van der Waals surface area (Å²) >= 11 is 0. The number of amides is 1. The lowest BCUT2D eigenvalue weighted by molar-refractivity contribution is -0.121. The van der Waals surface area contributed by atoms with E-state index in [1.807, 2.05) is 13.8 Å². The standard InChI is InChI=1S/C12H19N3O3/c1-3-14-11(16)5-6-18-12(17)10-7-9(13)8-15(10)4-2/h7-8H,3-6,13H2,1-2H3,(H,14,16). The molecule has 0 aliphatic heterocycles. The lowest BCUT2D eigenvalue weighted by Gasteiger charge is -2.07. The Labute approximate surface area is 106 Å². The van der Waals surface area contributed by atoms with E-state index in [-0.39, 0.29) is 18.9 Å². The number of ether oxygens (including phenoxy) is 1. The molecule has 1 aromatic rings. The van der Waals surface area contributed by atoms with Crippen molar-refractivity contribution in [3.05, 3.63) is 18.0 Å². The first-order valence-electron chi connectivity index (χ1n) is 5.98. The maximum Gasteiger partial charge on any atom is 0.355 e. The Bertz CT molecular complexity index is 426. The molecular formula is C12H19N3O3. The van der Waals surface area contributed by atoms with Crippen molar-refractivity contribution in [2.75, 3.05) is 18.9 Å². The molecule has 0 fully saturated rings. The molecule has 0 atom stereocenters. The maximum absolute atomic E-state index is 11.7. The highest BCUT2D eigenvalue weighted by Crippen LogP contribution is 2.11. The quantitative estimate of drug-likeness (QED) is 0.733. The Balaban J connectivity index is 2.47. The highest BCUT2D eigenvalue weighted by molar-refractivity contribution is 5.89. The SMILES string of the molecule is CCNC(=O)CCOC(=O)c1cc(N)cn1CC. The lowest BCUT2D eigenvalue weighted by Crippen LogP contribution is -2.24.